The van der Waals surface area contributed by atoms with Gasteiger partial charge in [-0.05, 0) is 29.3 Å². The van der Waals surface area contributed by atoms with Crippen LogP contribution in [0.2, 0.25) is 0 Å². The first-order chi connectivity index (χ1) is 12.2. The smallest absolute Gasteiger partial charge is 0.322 e. The van der Waals surface area contributed by atoms with Crippen LogP contribution in [0.3, 0.4) is 0 Å². The van der Waals surface area contributed by atoms with E-state index in [9.17, 15) is 4.79 Å². The molecule has 0 fully saturated rings. The van der Waals surface area contributed by atoms with Gasteiger partial charge in [-0.1, -0.05) is 82.7 Å². The van der Waals surface area contributed by atoms with Crippen molar-refractivity contribution in [1.82, 2.24) is 5.32 Å². The number of hydrogen-bond acceptors (Lipinski definition) is 1. The third-order valence-corrected chi connectivity index (χ3v) is 4.66. The van der Waals surface area contributed by atoms with E-state index in [4.69, 9.17) is 0 Å². The molecule has 25 heavy (non-hydrogen) atoms. The number of benzene rings is 3. The normalized spacial score (nSPS) is 10.3. The van der Waals surface area contributed by atoms with E-state index in [2.05, 4.69) is 21.2 Å². The Labute approximate surface area is 156 Å². The lowest BCUT2D eigenvalue weighted by Gasteiger charge is -2.23. The number of carbonyl (C=O) groups excluding carboxylic acids is 1. The van der Waals surface area contributed by atoms with Gasteiger partial charge in [-0.25, -0.2) is 4.79 Å². The second kappa shape index (κ2) is 8.49. The molecule has 126 valence electrons. The number of para-hydroxylation sites is 1. The molecule has 0 aromatic heterocycles. The Morgan fingerprint density at radius 3 is 2.12 bits per heavy atom. The monoisotopic (exact) mass is 394 g/mol. The lowest BCUT2D eigenvalue weighted by atomic mass is 10.2. The van der Waals surface area contributed by atoms with Crippen molar-refractivity contribution in [3.63, 3.8) is 0 Å². The zero-order valence-electron chi connectivity index (χ0n) is 13.7. The maximum absolute atomic E-state index is 12.8. The molecule has 2 amide bonds. The summed E-state index contributed by atoms with van der Waals surface area (Å²) in [5.74, 6) is 0. The molecule has 0 saturated carbocycles. The summed E-state index contributed by atoms with van der Waals surface area (Å²) in [5.41, 5.74) is 3.00. The summed E-state index contributed by atoms with van der Waals surface area (Å²) in [5, 5.41) is 3.02. The number of amides is 2. The zero-order valence-corrected chi connectivity index (χ0v) is 15.3. The van der Waals surface area contributed by atoms with Crippen molar-refractivity contribution in [1.29, 1.82) is 0 Å². The van der Waals surface area contributed by atoms with Crippen LogP contribution in [0.4, 0.5) is 10.5 Å². The minimum absolute atomic E-state index is 0.120. The van der Waals surface area contributed by atoms with Crippen molar-refractivity contribution < 1.29 is 4.79 Å². The van der Waals surface area contributed by atoms with Crippen molar-refractivity contribution >= 4 is 27.6 Å². The quantitative estimate of drug-likeness (QED) is 0.619. The molecule has 0 atom stereocenters. The van der Waals surface area contributed by atoms with E-state index >= 15 is 0 Å². The van der Waals surface area contributed by atoms with Crippen molar-refractivity contribution in [3.05, 3.63) is 101 Å². The van der Waals surface area contributed by atoms with Gasteiger partial charge in [0, 0.05) is 16.7 Å². The summed E-state index contributed by atoms with van der Waals surface area (Å²) in [4.78, 5) is 14.6. The number of nitrogens with one attached hydrogen (secondary N) is 1. The highest BCUT2D eigenvalue weighted by Crippen LogP contribution is 2.18. The first-order valence-electron chi connectivity index (χ1n) is 8.12. The Morgan fingerprint density at radius 1 is 0.840 bits per heavy atom. The Balaban J connectivity index is 1.76. The van der Waals surface area contributed by atoms with Crippen LogP contribution < -0.4 is 10.2 Å². The molecular formula is C21H19BrN2O. The topological polar surface area (TPSA) is 32.3 Å². The third kappa shape index (κ3) is 4.70. The van der Waals surface area contributed by atoms with E-state index in [0.717, 1.165) is 21.3 Å². The van der Waals surface area contributed by atoms with Crippen LogP contribution in [-0.4, -0.2) is 6.03 Å². The molecular weight excluding hydrogens is 376 g/mol. The van der Waals surface area contributed by atoms with Gasteiger partial charge in [0.1, 0.15) is 0 Å². The average molecular weight is 395 g/mol. The highest BCUT2D eigenvalue weighted by atomic mass is 79.9. The molecule has 3 aromatic rings. The van der Waals surface area contributed by atoms with Crippen LogP contribution in [0.1, 0.15) is 11.1 Å². The third-order valence-electron chi connectivity index (χ3n) is 3.88. The first-order valence-corrected chi connectivity index (χ1v) is 8.91. The molecule has 3 rings (SSSR count). The van der Waals surface area contributed by atoms with Gasteiger partial charge in [0.2, 0.25) is 0 Å². The number of anilines is 1. The van der Waals surface area contributed by atoms with Crippen molar-refractivity contribution in [2.75, 3.05) is 4.90 Å². The lowest BCUT2D eigenvalue weighted by Crippen LogP contribution is -2.39. The maximum atomic E-state index is 12.8. The van der Waals surface area contributed by atoms with E-state index in [1.54, 1.807) is 4.90 Å². The number of nitrogens with zero attached hydrogens (tertiary/aromatic N) is 1. The summed E-state index contributed by atoms with van der Waals surface area (Å²) in [6, 6.07) is 27.5. The highest BCUT2D eigenvalue weighted by molar-refractivity contribution is 9.10. The van der Waals surface area contributed by atoms with E-state index in [1.165, 1.54) is 0 Å². The second-order valence-corrected chi connectivity index (χ2v) is 6.51. The summed E-state index contributed by atoms with van der Waals surface area (Å²) in [7, 11) is 0. The van der Waals surface area contributed by atoms with Gasteiger partial charge in [-0.3, -0.25) is 4.90 Å². The molecule has 0 unspecified atom stereocenters. The van der Waals surface area contributed by atoms with Gasteiger partial charge in [0.15, 0.2) is 0 Å². The fourth-order valence-electron chi connectivity index (χ4n) is 2.56. The molecule has 4 heteroatoms. The van der Waals surface area contributed by atoms with Crippen LogP contribution in [0.25, 0.3) is 0 Å². The number of halogens is 1. The van der Waals surface area contributed by atoms with Gasteiger partial charge in [0.25, 0.3) is 0 Å². The Kier molecular flexibility index (Phi) is 5.86. The number of urea groups is 1. The molecule has 0 aliphatic carbocycles. The second-order valence-electron chi connectivity index (χ2n) is 5.66. The lowest BCUT2D eigenvalue weighted by molar-refractivity contribution is 0.245. The predicted molar refractivity (Wildman–Crippen MR) is 105 cm³/mol. The van der Waals surface area contributed by atoms with Gasteiger partial charge >= 0.3 is 6.03 Å². The van der Waals surface area contributed by atoms with Crippen molar-refractivity contribution in [2.24, 2.45) is 0 Å². The molecule has 3 aromatic carbocycles. The van der Waals surface area contributed by atoms with Crippen molar-refractivity contribution in [3.8, 4) is 0 Å². The van der Waals surface area contributed by atoms with Crippen molar-refractivity contribution in [2.45, 2.75) is 13.1 Å². The summed E-state index contributed by atoms with van der Waals surface area (Å²) in [6.07, 6.45) is 0. The predicted octanol–water partition coefficient (Wildman–Crippen LogP) is 5.37. The van der Waals surface area contributed by atoms with Crippen LogP contribution in [0.5, 0.6) is 0 Å². The number of rotatable bonds is 5. The fourth-order valence-corrected chi connectivity index (χ4v) is 2.99. The Morgan fingerprint density at radius 2 is 1.44 bits per heavy atom. The fraction of sp³-hybridized carbons (Fsp3) is 0.0952. The average Bonchev–Trinajstić information content (AvgIpc) is 2.67. The van der Waals surface area contributed by atoms with Gasteiger partial charge in [0.05, 0.1) is 6.54 Å². The van der Waals surface area contributed by atoms with Gasteiger partial charge in [-0.15, -0.1) is 0 Å². The summed E-state index contributed by atoms with van der Waals surface area (Å²) in [6.45, 7) is 0.991. The Bertz CT molecular complexity index is 822. The minimum atomic E-state index is -0.120. The zero-order chi connectivity index (χ0) is 17.5. The first kappa shape index (κ1) is 17.2. The number of carbonyl (C=O) groups is 1. The molecule has 0 radical (unpaired) electrons. The molecule has 0 spiro atoms. The molecule has 1 N–H and O–H groups in total. The summed E-state index contributed by atoms with van der Waals surface area (Å²) < 4.78 is 0.990. The van der Waals surface area contributed by atoms with Gasteiger partial charge < -0.3 is 5.32 Å². The molecule has 0 heterocycles. The summed E-state index contributed by atoms with van der Waals surface area (Å²) >= 11 is 3.52. The number of hydrogen-bond donors (Lipinski definition) is 1. The van der Waals surface area contributed by atoms with Crippen LogP contribution in [0.15, 0.2) is 89.4 Å². The van der Waals surface area contributed by atoms with Crippen LogP contribution in [0, 0.1) is 0 Å². The van der Waals surface area contributed by atoms with E-state index in [-0.39, 0.29) is 6.03 Å². The molecule has 0 aliphatic heterocycles. The van der Waals surface area contributed by atoms with E-state index in [0.29, 0.717) is 13.1 Å². The van der Waals surface area contributed by atoms with E-state index in [1.807, 2.05) is 84.9 Å². The molecule has 0 saturated heterocycles. The van der Waals surface area contributed by atoms with Gasteiger partial charge in [-0.2, -0.15) is 0 Å². The Hall–Kier alpha value is -2.59. The minimum Gasteiger partial charge on any atom is -0.334 e. The van der Waals surface area contributed by atoms with Crippen LogP contribution >= 0.6 is 15.9 Å². The highest BCUT2D eigenvalue weighted by Gasteiger charge is 2.16. The SMILES string of the molecule is O=C(NCc1ccccc1Br)N(Cc1ccccc1)c1ccccc1. The molecule has 3 nitrogen and oxygen atoms in total. The molecule has 0 bridgehead atoms. The van der Waals surface area contributed by atoms with Crippen LogP contribution in [-0.2, 0) is 13.1 Å². The molecule has 0 aliphatic rings. The van der Waals surface area contributed by atoms with E-state index < -0.39 is 0 Å². The largest absolute Gasteiger partial charge is 0.334 e. The standard InChI is InChI=1S/C21H19BrN2O/c22-20-14-8-7-11-18(20)15-23-21(25)24(19-12-5-2-6-13-19)16-17-9-3-1-4-10-17/h1-14H,15-16H2,(H,23,25). The maximum Gasteiger partial charge on any atom is 0.322 e.